The Morgan fingerprint density at radius 3 is 2.68 bits per heavy atom. The van der Waals surface area contributed by atoms with Crippen LogP contribution in [0.15, 0.2) is 6.07 Å². The third-order valence-corrected chi connectivity index (χ3v) is 4.20. The van der Waals surface area contributed by atoms with Crippen LogP contribution in [0.25, 0.3) is 0 Å². The fourth-order valence-corrected chi connectivity index (χ4v) is 2.69. The van der Waals surface area contributed by atoms with Crippen molar-refractivity contribution in [2.75, 3.05) is 26.7 Å². The molecule has 2 heterocycles. The van der Waals surface area contributed by atoms with E-state index in [-0.39, 0.29) is 11.3 Å². The van der Waals surface area contributed by atoms with Crippen LogP contribution >= 0.6 is 0 Å². The zero-order chi connectivity index (χ0) is 16.2. The van der Waals surface area contributed by atoms with Crippen LogP contribution in [0.2, 0.25) is 0 Å². The SMILES string of the molecule is CN(CC(=O)NCc1cc(C(C)(C)C)n[nH]1)C1CCNCC1. The molecule has 0 aromatic carbocycles. The summed E-state index contributed by atoms with van der Waals surface area (Å²) in [4.78, 5) is 14.2. The molecule has 0 saturated carbocycles. The number of carbonyl (C=O) groups excluding carboxylic acids is 1. The second kappa shape index (κ2) is 7.24. The van der Waals surface area contributed by atoms with Crippen LogP contribution in [0, 0.1) is 0 Å². The molecule has 0 bridgehead atoms. The predicted octanol–water partition coefficient (Wildman–Crippen LogP) is 1.01. The van der Waals surface area contributed by atoms with Crippen molar-refractivity contribution in [3.05, 3.63) is 17.5 Å². The average molecular weight is 307 g/mol. The molecular formula is C16H29N5O. The number of amides is 1. The molecule has 2 rings (SSSR count). The quantitative estimate of drug-likeness (QED) is 0.759. The van der Waals surface area contributed by atoms with Crippen LogP contribution in [0.3, 0.4) is 0 Å². The largest absolute Gasteiger partial charge is 0.349 e. The zero-order valence-corrected chi connectivity index (χ0v) is 14.2. The molecule has 0 spiro atoms. The molecule has 1 aliphatic heterocycles. The number of hydrogen-bond acceptors (Lipinski definition) is 4. The maximum atomic E-state index is 12.1. The van der Waals surface area contributed by atoms with Crippen LogP contribution in [0.1, 0.15) is 45.0 Å². The highest BCUT2D eigenvalue weighted by Crippen LogP contribution is 2.20. The summed E-state index contributed by atoms with van der Waals surface area (Å²) in [5.41, 5.74) is 1.99. The Bertz CT molecular complexity index is 485. The number of aromatic nitrogens is 2. The smallest absolute Gasteiger partial charge is 0.234 e. The second-order valence-corrected chi connectivity index (χ2v) is 7.20. The highest BCUT2D eigenvalue weighted by atomic mass is 16.2. The molecular weight excluding hydrogens is 278 g/mol. The number of rotatable bonds is 5. The molecule has 6 heteroatoms. The number of carbonyl (C=O) groups is 1. The molecule has 0 unspecified atom stereocenters. The predicted molar refractivity (Wildman–Crippen MR) is 87.7 cm³/mol. The summed E-state index contributed by atoms with van der Waals surface area (Å²) < 4.78 is 0. The highest BCUT2D eigenvalue weighted by molar-refractivity contribution is 5.77. The zero-order valence-electron chi connectivity index (χ0n) is 14.2. The van der Waals surface area contributed by atoms with Crippen molar-refractivity contribution in [2.45, 2.75) is 51.6 Å². The molecule has 124 valence electrons. The van der Waals surface area contributed by atoms with E-state index in [0.717, 1.165) is 37.3 Å². The molecule has 3 N–H and O–H groups in total. The Morgan fingerprint density at radius 1 is 1.41 bits per heavy atom. The standard InChI is InChI=1S/C16H29N5O/c1-16(2,3)14-9-12(19-20-14)10-18-15(22)11-21(4)13-5-7-17-8-6-13/h9,13,17H,5-8,10-11H2,1-4H3,(H,18,22)(H,19,20). The van der Waals surface area contributed by atoms with Gasteiger partial charge in [0.25, 0.3) is 0 Å². The monoisotopic (exact) mass is 307 g/mol. The van der Waals surface area contributed by atoms with Crippen molar-refractivity contribution < 1.29 is 4.79 Å². The number of aromatic amines is 1. The topological polar surface area (TPSA) is 73.0 Å². The number of H-pyrrole nitrogens is 1. The summed E-state index contributed by atoms with van der Waals surface area (Å²) in [6, 6.07) is 2.53. The van der Waals surface area contributed by atoms with Gasteiger partial charge in [0, 0.05) is 11.5 Å². The lowest BCUT2D eigenvalue weighted by molar-refractivity contribution is -0.122. The lowest BCUT2D eigenvalue weighted by atomic mass is 9.92. The molecule has 1 aromatic heterocycles. The van der Waals surface area contributed by atoms with Crippen LogP contribution < -0.4 is 10.6 Å². The van der Waals surface area contributed by atoms with Gasteiger partial charge in [-0.3, -0.25) is 14.8 Å². The first-order valence-electron chi connectivity index (χ1n) is 8.08. The van der Waals surface area contributed by atoms with Gasteiger partial charge < -0.3 is 10.6 Å². The van der Waals surface area contributed by atoms with Gasteiger partial charge >= 0.3 is 0 Å². The van der Waals surface area contributed by atoms with E-state index in [1.54, 1.807) is 0 Å². The second-order valence-electron chi connectivity index (χ2n) is 7.20. The number of likely N-dealkylation sites (N-methyl/N-ethyl adjacent to an activating group) is 1. The van der Waals surface area contributed by atoms with E-state index in [9.17, 15) is 4.79 Å². The van der Waals surface area contributed by atoms with E-state index in [2.05, 4.69) is 46.5 Å². The summed E-state index contributed by atoms with van der Waals surface area (Å²) in [5, 5.41) is 13.6. The Labute approximate surface area is 133 Å². The first-order valence-corrected chi connectivity index (χ1v) is 8.08. The van der Waals surface area contributed by atoms with Gasteiger partial charge in [0.15, 0.2) is 0 Å². The minimum absolute atomic E-state index is 0.0218. The number of nitrogens with one attached hydrogen (secondary N) is 3. The number of piperidine rings is 1. The molecule has 1 amide bonds. The summed E-state index contributed by atoms with van der Waals surface area (Å²) in [5.74, 6) is 0.0629. The van der Waals surface area contributed by atoms with Gasteiger partial charge in [0.1, 0.15) is 0 Å². The fraction of sp³-hybridized carbons (Fsp3) is 0.750. The number of nitrogens with zero attached hydrogens (tertiary/aromatic N) is 2. The Kier molecular flexibility index (Phi) is 5.58. The highest BCUT2D eigenvalue weighted by Gasteiger charge is 2.20. The van der Waals surface area contributed by atoms with Gasteiger partial charge in [-0.15, -0.1) is 0 Å². The van der Waals surface area contributed by atoms with Crippen molar-refractivity contribution >= 4 is 5.91 Å². The first-order chi connectivity index (χ1) is 10.4. The lowest BCUT2D eigenvalue weighted by Crippen LogP contribution is -2.45. The van der Waals surface area contributed by atoms with E-state index in [4.69, 9.17) is 0 Å². The van der Waals surface area contributed by atoms with Gasteiger partial charge in [-0.1, -0.05) is 20.8 Å². The molecule has 1 fully saturated rings. The molecule has 22 heavy (non-hydrogen) atoms. The molecule has 1 saturated heterocycles. The molecule has 0 radical (unpaired) electrons. The van der Waals surface area contributed by atoms with Gasteiger partial charge in [-0.2, -0.15) is 5.10 Å². The normalized spacial score (nSPS) is 17.0. The van der Waals surface area contributed by atoms with E-state index in [1.807, 2.05) is 13.1 Å². The summed E-state index contributed by atoms with van der Waals surface area (Å²) >= 11 is 0. The summed E-state index contributed by atoms with van der Waals surface area (Å²) in [7, 11) is 2.03. The van der Waals surface area contributed by atoms with E-state index >= 15 is 0 Å². The summed E-state index contributed by atoms with van der Waals surface area (Å²) in [6.07, 6.45) is 2.22. The van der Waals surface area contributed by atoms with Crippen LogP contribution in [-0.4, -0.2) is 53.7 Å². The minimum atomic E-state index is 0.0218. The Balaban J connectivity index is 1.76. The van der Waals surface area contributed by atoms with Crippen LogP contribution in [0.4, 0.5) is 0 Å². The van der Waals surface area contributed by atoms with Crippen LogP contribution in [0.5, 0.6) is 0 Å². The van der Waals surface area contributed by atoms with Gasteiger partial charge in [0.2, 0.25) is 5.91 Å². The van der Waals surface area contributed by atoms with Gasteiger partial charge in [-0.05, 0) is 39.0 Å². The molecule has 0 aliphatic carbocycles. The van der Waals surface area contributed by atoms with Crippen molar-refractivity contribution in [2.24, 2.45) is 0 Å². The molecule has 1 aromatic rings. The molecule has 0 atom stereocenters. The molecule has 1 aliphatic rings. The van der Waals surface area contributed by atoms with E-state index in [1.165, 1.54) is 0 Å². The lowest BCUT2D eigenvalue weighted by Gasteiger charge is -2.31. The van der Waals surface area contributed by atoms with Crippen molar-refractivity contribution in [3.8, 4) is 0 Å². The van der Waals surface area contributed by atoms with Crippen LogP contribution in [-0.2, 0) is 16.8 Å². The molecule has 6 nitrogen and oxygen atoms in total. The maximum absolute atomic E-state index is 12.1. The van der Waals surface area contributed by atoms with Crippen molar-refractivity contribution in [1.82, 2.24) is 25.7 Å². The fourth-order valence-electron chi connectivity index (χ4n) is 2.69. The van der Waals surface area contributed by atoms with Crippen molar-refractivity contribution in [3.63, 3.8) is 0 Å². The van der Waals surface area contributed by atoms with Gasteiger partial charge in [0.05, 0.1) is 24.5 Å². The van der Waals surface area contributed by atoms with E-state index in [0.29, 0.717) is 19.1 Å². The van der Waals surface area contributed by atoms with Crippen molar-refractivity contribution in [1.29, 1.82) is 0 Å². The average Bonchev–Trinajstić information content (AvgIpc) is 2.95. The third-order valence-electron chi connectivity index (χ3n) is 4.20. The van der Waals surface area contributed by atoms with Gasteiger partial charge in [-0.25, -0.2) is 0 Å². The maximum Gasteiger partial charge on any atom is 0.234 e. The third kappa shape index (κ3) is 4.81. The minimum Gasteiger partial charge on any atom is -0.349 e. The summed E-state index contributed by atoms with van der Waals surface area (Å²) in [6.45, 7) is 9.41. The Morgan fingerprint density at radius 2 is 2.09 bits per heavy atom. The first kappa shape index (κ1) is 17.0. The Hall–Kier alpha value is -1.40. The van der Waals surface area contributed by atoms with E-state index < -0.39 is 0 Å². The number of hydrogen-bond donors (Lipinski definition) is 3.